The van der Waals surface area contributed by atoms with E-state index in [1.165, 1.54) is 11.1 Å². The zero-order valence-corrected chi connectivity index (χ0v) is 6.84. The topological polar surface area (TPSA) is 17.1 Å². The van der Waals surface area contributed by atoms with E-state index in [0.29, 0.717) is 12.2 Å². The zero-order valence-electron chi connectivity index (χ0n) is 6.84. The lowest BCUT2D eigenvalue weighted by Crippen LogP contribution is -2.13. The van der Waals surface area contributed by atoms with Crippen molar-refractivity contribution >= 4 is 5.78 Å². The Morgan fingerprint density at radius 3 is 2.67 bits per heavy atom. The molecule has 2 aliphatic rings. The third-order valence-corrected chi connectivity index (χ3v) is 3.17. The molecule has 0 heterocycles. The van der Waals surface area contributed by atoms with Crippen LogP contribution >= 0.6 is 0 Å². The Bertz CT molecular complexity index is 361. The summed E-state index contributed by atoms with van der Waals surface area (Å²) in [7, 11) is 0. The highest BCUT2D eigenvalue weighted by Crippen LogP contribution is 2.54. The van der Waals surface area contributed by atoms with Crippen molar-refractivity contribution in [3.8, 4) is 0 Å². The number of hydrogen-bond acceptors (Lipinski definition) is 1. The van der Waals surface area contributed by atoms with Crippen LogP contribution in [0.2, 0.25) is 0 Å². The summed E-state index contributed by atoms with van der Waals surface area (Å²) >= 11 is 0. The highest BCUT2D eigenvalue weighted by molar-refractivity contribution is 5.99. The molecule has 1 aromatic carbocycles. The number of hydrogen-bond donors (Lipinski definition) is 0. The number of rotatable bonds is 0. The quantitative estimate of drug-likeness (QED) is 0.563. The molecule has 0 bridgehead atoms. The maximum Gasteiger partial charge on any atom is 0.147 e. The average Bonchev–Trinajstić information content (AvgIpc) is 2.80. The van der Waals surface area contributed by atoms with Gasteiger partial charge >= 0.3 is 0 Å². The molecular formula is C11H10O. The molecule has 0 unspecified atom stereocenters. The highest BCUT2D eigenvalue weighted by atomic mass is 16.1. The van der Waals surface area contributed by atoms with Gasteiger partial charge < -0.3 is 0 Å². The van der Waals surface area contributed by atoms with Gasteiger partial charge in [0.15, 0.2) is 0 Å². The van der Waals surface area contributed by atoms with Gasteiger partial charge in [-0.15, -0.1) is 0 Å². The number of benzene rings is 1. The SMILES string of the molecule is O=C1Cc2ccccc2C12CC2. The summed E-state index contributed by atoms with van der Waals surface area (Å²) in [6.07, 6.45) is 2.85. The first-order valence-electron chi connectivity index (χ1n) is 4.45. The third-order valence-electron chi connectivity index (χ3n) is 3.17. The molecule has 0 N–H and O–H groups in total. The van der Waals surface area contributed by atoms with Crippen molar-refractivity contribution in [3.63, 3.8) is 0 Å². The Hall–Kier alpha value is -1.11. The van der Waals surface area contributed by atoms with Gasteiger partial charge in [0.2, 0.25) is 0 Å². The van der Waals surface area contributed by atoms with Crippen LogP contribution in [0.5, 0.6) is 0 Å². The summed E-state index contributed by atoms with van der Waals surface area (Å²) in [5.41, 5.74) is 2.58. The third kappa shape index (κ3) is 0.580. The monoisotopic (exact) mass is 158 g/mol. The lowest BCUT2D eigenvalue weighted by molar-refractivity contribution is -0.119. The van der Waals surface area contributed by atoms with Crippen molar-refractivity contribution in [2.45, 2.75) is 24.7 Å². The maximum absolute atomic E-state index is 11.6. The molecule has 0 saturated heterocycles. The van der Waals surface area contributed by atoms with Crippen molar-refractivity contribution in [2.24, 2.45) is 0 Å². The first kappa shape index (κ1) is 6.41. The van der Waals surface area contributed by atoms with E-state index in [4.69, 9.17) is 0 Å². The molecule has 0 amide bonds. The minimum Gasteiger partial charge on any atom is -0.298 e. The molecule has 1 spiro atoms. The van der Waals surface area contributed by atoms with Crippen molar-refractivity contribution in [1.29, 1.82) is 0 Å². The Morgan fingerprint density at radius 2 is 1.92 bits per heavy atom. The molecule has 1 aromatic rings. The molecule has 0 atom stereocenters. The van der Waals surface area contributed by atoms with Crippen LogP contribution in [0.4, 0.5) is 0 Å². The van der Waals surface area contributed by atoms with E-state index >= 15 is 0 Å². The fourth-order valence-corrected chi connectivity index (χ4v) is 2.31. The normalized spacial score (nSPS) is 22.8. The standard InChI is InChI=1S/C11H10O/c12-10-7-8-3-1-2-4-9(8)11(10)5-6-11/h1-4H,5-7H2. The van der Waals surface area contributed by atoms with Crippen LogP contribution in [0.3, 0.4) is 0 Å². The van der Waals surface area contributed by atoms with Crippen LogP contribution in [0.1, 0.15) is 24.0 Å². The lowest BCUT2D eigenvalue weighted by Gasteiger charge is -2.04. The molecule has 3 rings (SSSR count). The second-order valence-corrected chi connectivity index (χ2v) is 3.84. The van der Waals surface area contributed by atoms with Crippen LogP contribution < -0.4 is 0 Å². The number of Topliss-reactive ketones (excluding diaryl/α,β-unsaturated/α-hetero) is 1. The fourth-order valence-electron chi connectivity index (χ4n) is 2.31. The van der Waals surface area contributed by atoms with Crippen LogP contribution in [-0.2, 0) is 16.6 Å². The van der Waals surface area contributed by atoms with E-state index in [-0.39, 0.29) is 5.41 Å². The van der Waals surface area contributed by atoms with E-state index in [9.17, 15) is 4.79 Å². The van der Waals surface area contributed by atoms with Crippen LogP contribution in [0.15, 0.2) is 24.3 Å². The molecule has 0 aliphatic heterocycles. The van der Waals surface area contributed by atoms with Gasteiger partial charge in [0, 0.05) is 6.42 Å². The Morgan fingerprint density at radius 1 is 1.17 bits per heavy atom. The summed E-state index contributed by atoms with van der Waals surface area (Å²) in [4.78, 5) is 11.6. The predicted octanol–water partition coefficient (Wildman–Crippen LogP) is 1.84. The molecule has 1 saturated carbocycles. The molecule has 2 aliphatic carbocycles. The molecule has 1 nitrogen and oxygen atoms in total. The van der Waals surface area contributed by atoms with E-state index in [1.54, 1.807) is 0 Å². The van der Waals surface area contributed by atoms with E-state index < -0.39 is 0 Å². The molecule has 60 valence electrons. The van der Waals surface area contributed by atoms with Crippen molar-refractivity contribution in [2.75, 3.05) is 0 Å². The first-order valence-corrected chi connectivity index (χ1v) is 4.45. The smallest absolute Gasteiger partial charge is 0.147 e. The predicted molar refractivity (Wildman–Crippen MR) is 46.1 cm³/mol. The summed E-state index contributed by atoms with van der Waals surface area (Å²) in [6.45, 7) is 0. The van der Waals surface area contributed by atoms with E-state index in [1.807, 2.05) is 12.1 Å². The van der Waals surface area contributed by atoms with Crippen LogP contribution in [-0.4, -0.2) is 5.78 Å². The van der Waals surface area contributed by atoms with Gasteiger partial charge in [-0.3, -0.25) is 4.79 Å². The second-order valence-electron chi connectivity index (χ2n) is 3.84. The van der Waals surface area contributed by atoms with Gasteiger partial charge in [-0.05, 0) is 24.0 Å². The summed E-state index contributed by atoms with van der Waals surface area (Å²) in [6, 6.07) is 8.26. The van der Waals surface area contributed by atoms with Gasteiger partial charge in [-0.2, -0.15) is 0 Å². The molecule has 12 heavy (non-hydrogen) atoms. The first-order chi connectivity index (χ1) is 5.83. The van der Waals surface area contributed by atoms with Crippen molar-refractivity contribution in [1.82, 2.24) is 0 Å². The average molecular weight is 158 g/mol. The maximum atomic E-state index is 11.6. The van der Waals surface area contributed by atoms with Crippen LogP contribution in [0, 0.1) is 0 Å². The molecular weight excluding hydrogens is 148 g/mol. The van der Waals surface area contributed by atoms with E-state index in [2.05, 4.69) is 12.1 Å². The summed E-state index contributed by atoms with van der Waals surface area (Å²) in [5.74, 6) is 0.448. The van der Waals surface area contributed by atoms with E-state index in [0.717, 1.165) is 12.8 Å². The summed E-state index contributed by atoms with van der Waals surface area (Å²) in [5, 5.41) is 0. The largest absolute Gasteiger partial charge is 0.298 e. The Labute approximate surface area is 71.4 Å². The number of ketones is 1. The second kappa shape index (κ2) is 1.79. The number of fused-ring (bicyclic) bond motifs is 2. The van der Waals surface area contributed by atoms with Crippen molar-refractivity contribution < 1.29 is 4.79 Å². The molecule has 1 heteroatoms. The minimum atomic E-state index is -0.00338. The van der Waals surface area contributed by atoms with Gasteiger partial charge in [0.05, 0.1) is 5.41 Å². The van der Waals surface area contributed by atoms with Gasteiger partial charge in [-0.25, -0.2) is 0 Å². The number of carbonyl (C=O) groups is 1. The van der Waals surface area contributed by atoms with Crippen LogP contribution in [0.25, 0.3) is 0 Å². The fraction of sp³-hybridized carbons (Fsp3) is 0.364. The molecule has 0 aromatic heterocycles. The Kier molecular flexibility index (Phi) is 0.957. The highest BCUT2D eigenvalue weighted by Gasteiger charge is 2.54. The lowest BCUT2D eigenvalue weighted by atomic mass is 9.98. The summed E-state index contributed by atoms with van der Waals surface area (Å²) < 4.78 is 0. The van der Waals surface area contributed by atoms with Gasteiger partial charge in [0.25, 0.3) is 0 Å². The molecule has 0 radical (unpaired) electrons. The minimum absolute atomic E-state index is 0.00338. The Balaban J connectivity index is 2.26. The zero-order chi connectivity index (χ0) is 8.18. The number of carbonyl (C=O) groups excluding carboxylic acids is 1. The van der Waals surface area contributed by atoms with Crippen molar-refractivity contribution in [3.05, 3.63) is 35.4 Å². The van der Waals surface area contributed by atoms with Gasteiger partial charge in [-0.1, -0.05) is 24.3 Å². The van der Waals surface area contributed by atoms with Gasteiger partial charge in [0.1, 0.15) is 5.78 Å². The molecule has 1 fully saturated rings.